The summed E-state index contributed by atoms with van der Waals surface area (Å²) in [6.07, 6.45) is 1.67. The normalized spacial score (nSPS) is 16.5. The lowest BCUT2D eigenvalue weighted by Crippen LogP contribution is -2.50. The second-order valence-corrected chi connectivity index (χ2v) is 7.93. The fraction of sp³-hybridized carbons (Fsp3) is 0.375. The number of halogens is 1. The van der Waals surface area contributed by atoms with Crippen LogP contribution in [0, 0.1) is 6.92 Å². The Labute approximate surface area is 146 Å². The van der Waals surface area contributed by atoms with E-state index < -0.39 is 10.0 Å². The third-order valence-electron chi connectivity index (χ3n) is 4.13. The fourth-order valence-electron chi connectivity index (χ4n) is 2.85. The van der Waals surface area contributed by atoms with Gasteiger partial charge in [0.2, 0.25) is 15.9 Å². The first-order valence-electron chi connectivity index (χ1n) is 7.63. The number of carbonyl (C=O) groups excluding carboxylic acids is 1. The van der Waals surface area contributed by atoms with Crippen LogP contribution in [0.4, 0.5) is 0 Å². The van der Waals surface area contributed by atoms with Crippen molar-refractivity contribution in [1.29, 1.82) is 0 Å². The third-order valence-corrected chi connectivity index (χ3v) is 6.29. The number of alkyl halides is 1. The largest absolute Gasteiger partial charge is 0.339 e. The second-order valence-electron chi connectivity index (χ2n) is 5.76. The van der Waals surface area contributed by atoms with E-state index in [-0.39, 0.29) is 29.8 Å². The number of fused-ring (bicyclic) bond motifs is 1. The van der Waals surface area contributed by atoms with Crippen LogP contribution >= 0.6 is 11.6 Å². The molecule has 1 fully saturated rings. The van der Waals surface area contributed by atoms with Crippen LogP contribution in [0.1, 0.15) is 5.56 Å². The summed E-state index contributed by atoms with van der Waals surface area (Å²) >= 11 is 5.55. The van der Waals surface area contributed by atoms with Crippen molar-refractivity contribution in [2.75, 3.05) is 32.1 Å². The van der Waals surface area contributed by atoms with E-state index in [9.17, 15) is 13.2 Å². The first-order chi connectivity index (χ1) is 11.4. The van der Waals surface area contributed by atoms with Crippen molar-refractivity contribution in [2.24, 2.45) is 0 Å². The topological polar surface area (TPSA) is 70.6 Å². The first-order valence-corrected chi connectivity index (χ1v) is 9.60. The van der Waals surface area contributed by atoms with Gasteiger partial charge in [0.15, 0.2) is 0 Å². The van der Waals surface area contributed by atoms with Crippen molar-refractivity contribution < 1.29 is 13.2 Å². The lowest BCUT2D eigenvalue weighted by molar-refractivity contribution is -0.129. The fourth-order valence-corrected chi connectivity index (χ4v) is 4.61. The predicted molar refractivity (Wildman–Crippen MR) is 92.5 cm³/mol. The highest BCUT2D eigenvalue weighted by atomic mass is 35.5. The Hall–Kier alpha value is -1.70. The number of aromatic nitrogens is 1. The second kappa shape index (κ2) is 6.66. The molecule has 2 aromatic rings. The van der Waals surface area contributed by atoms with Gasteiger partial charge in [-0.3, -0.25) is 9.78 Å². The van der Waals surface area contributed by atoms with Gasteiger partial charge in [0.05, 0.1) is 5.52 Å². The van der Waals surface area contributed by atoms with E-state index in [2.05, 4.69) is 4.98 Å². The molecule has 1 aliphatic heterocycles. The average Bonchev–Trinajstić information content (AvgIpc) is 2.60. The van der Waals surface area contributed by atoms with Crippen molar-refractivity contribution in [1.82, 2.24) is 14.2 Å². The Bertz CT molecular complexity index is 877. The Morgan fingerprint density at radius 1 is 1.25 bits per heavy atom. The van der Waals surface area contributed by atoms with E-state index in [1.54, 1.807) is 23.2 Å². The van der Waals surface area contributed by atoms with Gasteiger partial charge in [0, 0.05) is 37.8 Å². The molecular weight excluding hydrogens is 350 g/mol. The quantitative estimate of drug-likeness (QED) is 0.773. The summed E-state index contributed by atoms with van der Waals surface area (Å²) in [6, 6.07) is 7.07. The molecule has 0 atom stereocenters. The number of hydrogen-bond donors (Lipinski definition) is 0. The molecule has 0 spiro atoms. The van der Waals surface area contributed by atoms with Crippen LogP contribution in [0.15, 0.2) is 35.4 Å². The van der Waals surface area contributed by atoms with Gasteiger partial charge in [-0.05, 0) is 24.6 Å². The minimum atomic E-state index is -3.66. The standard InChI is InChI=1S/C16H18ClN3O3S/c1-12-9-13-3-2-4-14(16(13)18-11-12)24(22,23)20-7-5-19(6-8-20)15(21)10-17/h2-4,9,11H,5-8,10H2,1H3. The molecule has 1 amide bonds. The number of hydrogen-bond acceptors (Lipinski definition) is 4. The maximum absolute atomic E-state index is 13.0. The van der Waals surface area contributed by atoms with Gasteiger partial charge in [-0.25, -0.2) is 8.42 Å². The molecule has 1 aliphatic rings. The molecule has 0 bridgehead atoms. The number of aryl methyl sites for hydroxylation is 1. The number of nitrogens with zero attached hydrogens (tertiary/aromatic N) is 3. The van der Waals surface area contributed by atoms with Gasteiger partial charge < -0.3 is 4.90 Å². The van der Waals surface area contributed by atoms with Crippen LogP contribution in [0.3, 0.4) is 0 Å². The van der Waals surface area contributed by atoms with Crippen molar-refractivity contribution in [3.05, 3.63) is 36.0 Å². The minimum Gasteiger partial charge on any atom is -0.339 e. The smallest absolute Gasteiger partial charge is 0.245 e. The molecule has 8 heteroatoms. The number of sulfonamides is 1. The highest BCUT2D eigenvalue weighted by Crippen LogP contribution is 2.25. The predicted octanol–water partition coefficient (Wildman–Crippen LogP) is 1.61. The zero-order chi connectivity index (χ0) is 17.3. The molecule has 128 valence electrons. The summed E-state index contributed by atoms with van der Waals surface area (Å²) in [4.78, 5) is 17.7. The van der Waals surface area contributed by atoms with E-state index in [1.165, 1.54) is 4.31 Å². The zero-order valence-electron chi connectivity index (χ0n) is 13.3. The van der Waals surface area contributed by atoms with Gasteiger partial charge in [-0.15, -0.1) is 11.6 Å². The molecule has 24 heavy (non-hydrogen) atoms. The molecule has 1 aromatic heterocycles. The molecule has 0 radical (unpaired) electrons. The van der Waals surface area contributed by atoms with Gasteiger partial charge in [-0.2, -0.15) is 4.31 Å². The molecular formula is C16H18ClN3O3S. The van der Waals surface area contributed by atoms with E-state index in [4.69, 9.17) is 11.6 Å². The average molecular weight is 368 g/mol. The maximum Gasteiger partial charge on any atom is 0.245 e. The summed E-state index contributed by atoms with van der Waals surface area (Å²) in [6.45, 7) is 3.13. The molecule has 0 N–H and O–H groups in total. The molecule has 1 saturated heterocycles. The molecule has 6 nitrogen and oxygen atoms in total. The number of para-hydroxylation sites is 1. The molecule has 3 rings (SSSR count). The van der Waals surface area contributed by atoms with Crippen LogP contribution in [0.5, 0.6) is 0 Å². The highest BCUT2D eigenvalue weighted by Gasteiger charge is 2.31. The third kappa shape index (κ3) is 3.11. The van der Waals surface area contributed by atoms with E-state index in [1.807, 2.05) is 19.1 Å². The van der Waals surface area contributed by atoms with Crippen molar-refractivity contribution in [2.45, 2.75) is 11.8 Å². The minimum absolute atomic E-state index is 0.0840. The highest BCUT2D eigenvalue weighted by molar-refractivity contribution is 7.89. The summed E-state index contributed by atoms with van der Waals surface area (Å²) in [7, 11) is -3.66. The Morgan fingerprint density at radius 3 is 2.62 bits per heavy atom. The summed E-state index contributed by atoms with van der Waals surface area (Å²) in [5, 5.41) is 0.798. The Kier molecular flexibility index (Phi) is 4.76. The number of piperazine rings is 1. The van der Waals surface area contributed by atoms with Crippen LogP contribution < -0.4 is 0 Å². The van der Waals surface area contributed by atoms with Crippen molar-refractivity contribution in [3.63, 3.8) is 0 Å². The van der Waals surface area contributed by atoms with Crippen LogP contribution in [0.25, 0.3) is 10.9 Å². The van der Waals surface area contributed by atoms with Crippen LogP contribution in [0.2, 0.25) is 0 Å². The van der Waals surface area contributed by atoms with Gasteiger partial charge in [-0.1, -0.05) is 12.1 Å². The van der Waals surface area contributed by atoms with Gasteiger partial charge in [0.25, 0.3) is 0 Å². The van der Waals surface area contributed by atoms with E-state index in [0.717, 1.165) is 10.9 Å². The number of rotatable bonds is 3. The SMILES string of the molecule is Cc1cnc2c(S(=O)(=O)N3CCN(C(=O)CCl)CC3)cccc2c1. The van der Waals surface area contributed by atoms with Gasteiger partial charge >= 0.3 is 0 Å². The molecule has 2 heterocycles. The van der Waals surface area contributed by atoms with Crippen LogP contribution in [-0.4, -0.2) is 60.6 Å². The van der Waals surface area contributed by atoms with Crippen molar-refractivity contribution in [3.8, 4) is 0 Å². The zero-order valence-corrected chi connectivity index (χ0v) is 14.8. The number of pyridine rings is 1. The lowest BCUT2D eigenvalue weighted by Gasteiger charge is -2.33. The number of amides is 1. The molecule has 0 unspecified atom stereocenters. The summed E-state index contributed by atoms with van der Waals surface area (Å²) in [5.41, 5.74) is 1.45. The molecule has 0 aliphatic carbocycles. The van der Waals surface area contributed by atoms with E-state index in [0.29, 0.717) is 18.6 Å². The molecule has 1 aromatic carbocycles. The molecule has 0 saturated carbocycles. The first kappa shape index (κ1) is 17.1. The summed E-state index contributed by atoms with van der Waals surface area (Å²) in [5.74, 6) is -0.254. The van der Waals surface area contributed by atoms with E-state index >= 15 is 0 Å². The van der Waals surface area contributed by atoms with Gasteiger partial charge in [0.1, 0.15) is 10.8 Å². The Balaban J connectivity index is 1.91. The maximum atomic E-state index is 13.0. The Morgan fingerprint density at radius 2 is 1.96 bits per heavy atom. The summed E-state index contributed by atoms with van der Waals surface area (Å²) < 4.78 is 27.4. The number of benzene rings is 1. The number of carbonyl (C=O) groups is 1. The monoisotopic (exact) mass is 367 g/mol. The van der Waals surface area contributed by atoms with Crippen molar-refractivity contribution >= 4 is 38.4 Å². The van der Waals surface area contributed by atoms with Crippen LogP contribution in [-0.2, 0) is 14.8 Å². The lowest BCUT2D eigenvalue weighted by atomic mass is 10.2.